The van der Waals surface area contributed by atoms with Gasteiger partial charge in [-0.2, -0.15) is 0 Å². The summed E-state index contributed by atoms with van der Waals surface area (Å²) >= 11 is 0. The molecular weight excluding hydrogens is 264 g/mol. The molecule has 1 amide bonds. The van der Waals surface area contributed by atoms with E-state index in [2.05, 4.69) is 10.5 Å². The molecule has 0 aromatic carbocycles. The molecule has 19 heavy (non-hydrogen) atoms. The molecule has 106 valence electrons. The second-order valence-corrected chi connectivity index (χ2v) is 6.85. The van der Waals surface area contributed by atoms with Crippen molar-refractivity contribution in [2.45, 2.75) is 56.6 Å². The Hall–Kier alpha value is -1.17. The van der Waals surface area contributed by atoms with Crippen molar-refractivity contribution in [1.29, 1.82) is 0 Å². The van der Waals surface area contributed by atoms with Crippen molar-refractivity contribution in [3.8, 4) is 0 Å². The Balaban J connectivity index is 1.85. The van der Waals surface area contributed by atoms with Crippen LogP contribution in [0.1, 0.15) is 44.1 Å². The van der Waals surface area contributed by atoms with Crippen LogP contribution < -0.4 is 5.32 Å². The van der Waals surface area contributed by atoms with Crippen molar-refractivity contribution in [2.24, 2.45) is 0 Å². The number of carbonyl (C=O) groups is 1. The topological polar surface area (TPSA) is 72.2 Å². The van der Waals surface area contributed by atoms with E-state index in [1.807, 2.05) is 6.92 Å². The van der Waals surface area contributed by atoms with Gasteiger partial charge in [0.05, 0.1) is 11.4 Å². The average Bonchev–Trinajstić information content (AvgIpc) is 3.00. The van der Waals surface area contributed by atoms with E-state index < -0.39 is 16.0 Å². The zero-order valence-corrected chi connectivity index (χ0v) is 12.2. The van der Waals surface area contributed by atoms with Gasteiger partial charge in [0.2, 0.25) is 5.91 Å². The van der Waals surface area contributed by atoms with Crippen molar-refractivity contribution < 1.29 is 13.5 Å². The number of aromatic nitrogens is 1. The van der Waals surface area contributed by atoms with Gasteiger partial charge in [0.15, 0.2) is 0 Å². The van der Waals surface area contributed by atoms with Gasteiger partial charge in [-0.15, -0.1) is 0 Å². The van der Waals surface area contributed by atoms with Gasteiger partial charge in [-0.25, -0.2) is 0 Å². The van der Waals surface area contributed by atoms with E-state index in [0.717, 1.165) is 18.5 Å². The number of nitrogens with zero attached hydrogens (tertiary/aromatic N) is 1. The molecule has 0 radical (unpaired) electrons. The summed E-state index contributed by atoms with van der Waals surface area (Å²) in [6.07, 6.45) is 4.40. The second kappa shape index (κ2) is 6.32. The Labute approximate surface area is 115 Å². The van der Waals surface area contributed by atoms with Crippen LogP contribution in [0, 0.1) is 6.92 Å². The smallest absolute Gasteiger partial charge is 0.235 e. The van der Waals surface area contributed by atoms with Crippen molar-refractivity contribution in [3.05, 3.63) is 17.5 Å². The Morgan fingerprint density at radius 3 is 2.84 bits per heavy atom. The third kappa shape index (κ3) is 3.89. The fourth-order valence-corrected chi connectivity index (χ4v) is 3.23. The van der Waals surface area contributed by atoms with Crippen LogP contribution >= 0.6 is 0 Å². The number of rotatable bonds is 5. The summed E-state index contributed by atoms with van der Waals surface area (Å²) < 4.78 is 17.1. The van der Waals surface area contributed by atoms with Gasteiger partial charge < -0.3 is 9.84 Å². The van der Waals surface area contributed by atoms with Crippen LogP contribution in [0.2, 0.25) is 0 Å². The van der Waals surface area contributed by atoms with Crippen molar-refractivity contribution in [2.75, 3.05) is 0 Å². The molecule has 1 fully saturated rings. The van der Waals surface area contributed by atoms with Gasteiger partial charge in [0, 0.05) is 22.9 Å². The highest BCUT2D eigenvalue weighted by molar-refractivity contribution is 7.85. The zero-order chi connectivity index (χ0) is 13.8. The van der Waals surface area contributed by atoms with Gasteiger partial charge in [-0.05, 0) is 26.7 Å². The maximum absolute atomic E-state index is 12.1. The Morgan fingerprint density at radius 1 is 1.58 bits per heavy atom. The maximum Gasteiger partial charge on any atom is 0.235 e. The third-order valence-corrected chi connectivity index (χ3v) is 5.00. The number of nitrogens with one attached hydrogen (secondary N) is 1. The maximum atomic E-state index is 12.1. The van der Waals surface area contributed by atoms with Crippen LogP contribution in [0.5, 0.6) is 0 Å². The minimum Gasteiger partial charge on any atom is -0.360 e. The molecule has 1 aromatic rings. The molecule has 5 nitrogen and oxygen atoms in total. The fraction of sp³-hybridized carbons (Fsp3) is 0.692. The quantitative estimate of drug-likeness (QED) is 0.893. The Morgan fingerprint density at radius 2 is 2.26 bits per heavy atom. The molecule has 2 rings (SSSR count). The summed E-state index contributed by atoms with van der Waals surface area (Å²) in [6.45, 7) is 3.51. The minimum absolute atomic E-state index is 0.124. The zero-order valence-electron chi connectivity index (χ0n) is 11.3. The van der Waals surface area contributed by atoms with Crippen molar-refractivity contribution in [1.82, 2.24) is 10.5 Å². The van der Waals surface area contributed by atoms with Crippen molar-refractivity contribution >= 4 is 16.7 Å². The van der Waals surface area contributed by atoms with E-state index in [4.69, 9.17) is 4.52 Å². The standard InChI is InChI=1S/C13H20N2O3S/c1-9-7-12(18-15-9)8-19(17)10(2)13(16)14-11-5-3-4-6-11/h7,10-11H,3-6,8H2,1-2H3,(H,14,16). The van der Waals surface area contributed by atoms with Gasteiger partial charge in [-0.1, -0.05) is 18.0 Å². The average molecular weight is 284 g/mol. The predicted molar refractivity (Wildman–Crippen MR) is 72.9 cm³/mol. The van der Waals surface area contributed by atoms with Gasteiger partial charge in [-0.3, -0.25) is 9.00 Å². The van der Waals surface area contributed by atoms with E-state index in [1.165, 1.54) is 12.8 Å². The highest BCUT2D eigenvalue weighted by Crippen LogP contribution is 2.18. The molecule has 1 aromatic heterocycles. The third-order valence-electron chi connectivity index (χ3n) is 3.43. The first-order valence-corrected chi connectivity index (χ1v) is 8.04. The molecule has 1 N–H and O–H groups in total. The summed E-state index contributed by atoms with van der Waals surface area (Å²) in [7, 11) is -1.28. The van der Waals surface area contributed by atoms with E-state index >= 15 is 0 Å². The lowest BCUT2D eigenvalue weighted by Gasteiger charge is -2.15. The molecule has 6 heteroatoms. The van der Waals surface area contributed by atoms with Gasteiger partial charge in [0.25, 0.3) is 0 Å². The Bertz CT molecular complexity index is 466. The molecule has 2 unspecified atom stereocenters. The number of amides is 1. The largest absolute Gasteiger partial charge is 0.360 e. The summed E-state index contributed by atoms with van der Waals surface area (Å²) in [5.74, 6) is 0.679. The normalized spacial score (nSPS) is 19.3. The predicted octanol–water partition coefficient (Wildman–Crippen LogP) is 1.68. The van der Waals surface area contributed by atoms with Crippen LogP contribution in [0.4, 0.5) is 0 Å². The summed E-state index contributed by atoms with van der Waals surface area (Å²) in [5.41, 5.74) is 0.759. The van der Waals surface area contributed by atoms with Crippen LogP contribution in [-0.4, -0.2) is 26.6 Å². The number of aryl methyl sites for hydroxylation is 1. The lowest BCUT2D eigenvalue weighted by molar-refractivity contribution is -0.121. The second-order valence-electron chi connectivity index (χ2n) is 5.09. The van der Waals surface area contributed by atoms with Crippen LogP contribution in [0.25, 0.3) is 0 Å². The lowest BCUT2D eigenvalue weighted by atomic mass is 10.2. The summed E-state index contributed by atoms with van der Waals surface area (Å²) in [5, 5.41) is 6.20. The summed E-state index contributed by atoms with van der Waals surface area (Å²) in [4.78, 5) is 12.0. The van der Waals surface area contributed by atoms with E-state index in [1.54, 1.807) is 13.0 Å². The number of hydrogen-bond donors (Lipinski definition) is 1. The highest BCUT2D eigenvalue weighted by Gasteiger charge is 2.25. The molecule has 1 saturated carbocycles. The molecule has 0 bridgehead atoms. The molecule has 2 atom stereocenters. The minimum atomic E-state index is -1.28. The van der Waals surface area contributed by atoms with Crippen LogP contribution in [0.3, 0.4) is 0 Å². The molecule has 0 saturated heterocycles. The van der Waals surface area contributed by atoms with Crippen LogP contribution in [-0.2, 0) is 21.3 Å². The number of carbonyl (C=O) groups excluding carboxylic acids is 1. The van der Waals surface area contributed by atoms with E-state index in [0.29, 0.717) is 5.76 Å². The first-order chi connectivity index (χ1) is 9.06. The molecule has 0 spiro atoms. The molecule has 1 aliphatic carbocycles. The molecular formula is C13H20N2O3S. The van der Waals surface area contributed by atoms with Gasteiger partial charge in [0.1, 0.15) is 11.0 Å². The molecule has 1 aliphatic rings. The fourth-order valence-electron chi connectivity index (χ4n) is 2.26. The van der Waals surface area contributed by atoms with Crippen molar-refractivity contribution in [3.63, 3.8) is 0 Å². The Kier molecular flexibility index (Phi) is 4.74. The highest BCUT2D eigenvalue weighted by atomic mass is 32.2. The van der Waals surface area contributed by atoms with Gasteiger partial charge >= 0.3 is 0 Å². The molecule has 1 heterocycles. The SMILES string of the molecule is Cc1cc(CS(=O)C(C)C(=O)NC2CCCC2)on1. The number of hydrogen-bond acceptors (Lipinski definition) is 4. The van der Waals surface area contributed by atoms with E-state index in [-0.39, 0.29) is 17.7 Å². The molecule has 0 aliphatic heterocycles. The first kappa shape index (κ1) is 14.2. The van der Waals surface area contributed by atoms with Crippen LogP contribution in [0.15, 0.2) is 10.6 Å². The van der Waals surface area contributed by atoms with E-state index in [9.17, 15) is 9.00 Å². The lowest BCUT2D eigenvalue weighted by Crippen LogP contribution is -2.40. The monoisotopic (exact) mass is 284 g/mol. The summed E-state index contributed by atoms with van der Waals surface area (Å²) in [6, 6.07) is 2.01. The first-order valence-electron chi connectivity index (χ1n) is 6.66.